The number of rotatable bonds is 9. The highest BCUT2D eigenvalue weighted by Crippen LogP contribution is 2.35. The second-order valence-corrected chi connectivity index (χ2v) is 8.49. The minimum atomic E-state index is 0.0354. The Hall–Kier alpha value is -1.99. The van der Waals surface area contributed by atoms with E-state index in [-0.39, 0.29) is 19.3 Å². The maximum absolute atomic E-state index is 13.1. The molecule has 2 atom stereocenters. The number of methoxy groups -OCH3 is 1. The summed E-state index contributed by atoms with van der Waals surface area (Å²) in [4.78, 5) is 17.7. The van der Waals surface area contributed by atoms with Crippen LogP contribution in [0, 0.1) is 5.92 Å². The van der Waals surface area contributed by atoms with E-state index in [1.54, 1.807) is 13.2 Å². The zero-order valence-electron chi connectivity index (χ0n) is 18.0. The molecule has 4 rings (SSSR count). The molecule has 0 aromatic heterocycles. The van der Waals surface area contributed by atoms with Crippen LogP contribution in [0.5, 0.6) is 17.2 Å². The van der Waals surface area contributed by atoms with E-state index in [9.17, 15) is 4.79 Å². The number of hydrogen-bond donors (Lipinski definition) is 0. The van der Waals surface area contributed by atoms with Gasteiger partial charge in [0, 0.05) is 38.9 Å². The van der Waals surface area contributed by atoms with Crippen molar-refractivity contribution in [3.8, 4) is 17.2 Å². The Morgan fingerprint density at radius 2 is 2.03 bits per heavy atom. The molecule has 3 aliphatic heterocycles. The van der Waals surface area contributed by atoms with Crippen LogP contribution in [0.15, 0.2) is 18.2 Å². The summed E-state index contributed by atoms with van der Waals surface area (Å²) in [7, 11) is 1.70. The van der Waals surface area contributed by atoms with E-state index >= 15 is 0 Å². The third kappa shape index (κ3) is 5.19. The van der Waals surface area contributed by atoms with Crippen LogP contribution < -0.4 is 14.2 Å². The van der Waals surface area contributed by atoms with E-state index in [1.807, 2.05) is 17.0 Å². The molecule has 0 unspecified atom stereocenters. The maximum Gasteiger partial charge on any atom is 0.260 e. The van der Waals surface area contributed by atoms with Crippen molar-refractivity contribution in [3.05, 3.63) is 18.2 Å². The molecule has 30 heavy (non-hydrogen) atoms. The monoisotopic (exact) mass is 418 g/mol. The van der Waals surface area contributed by atoms with Crippen LogP contribution in [0.2, 0.25) is 0 Å². The van der Waals surface area contributed by atoms with Crippen molar-refractivity contribution in [3.63, 3.8) is 0 Å². The molecule has 2 fully saturated rings. The largest absolute Gasteiger partial charge is 0.484 e. The molecule has 1 aromatic rings. The highest BCUT2D eigenvalue weighted by molar-refractivity contribution is 5.77. The highest BCUT2D eigenvalue weighted by atomic mass is 16.7. The number of fused-ring (bicyclic) bond motifs is 2. The van der Waals surface area contributed by atoms with Gasteiger partial charge in [-0.15, -0.1) is 0 Å². The number of hydrogen-bond acceptors (Lipinski definition) is 6. The third-order valence-electron chi connectivity index (χ3n) is 6.52. The van der Waals surface area contributed by atoms with Crippen molar-refractivity contribution in [2.24, 2.45) is 5.92 Å². The molecule has 0 bridgehead atoms. The zero-order chi connectivity index (χ0) is 20.8. The van der Waals surface area contributed by atoms with Crippen LogP contribution in [0.1, 0.15) is 38.5 Å². The zero-order valence-corrected chi connectivity index (χ0v) is 18.0. The normalized spacial score (nSPS) is 23.1. The number of ether oxygens (including phenoxy) is 4. The van der Waals surface area contributed by atoms with Gasteiger partial charge in [0.1, 0.15) is 5.75 Å². The number of carbonyl (C=O) groups excluding carboxylic acids is 1. The maximum atomic E-state index is 13.1. The predicted octanol–water partition coefficient (Wildman–Crippen LogP) is 2.92. The predicted molar refractivity (Wildman–Crippen MR) is 113 cm³/mol. The molecule has 1 aromatic carbocycles. The van der Waals surface area contributed by atoms with Gasteiger partial charge in [-0.25, -0.2) is 0 Å². The van der Waals surface area contributed by atoms with Gasteiger partial charge >= 0.3 is 0 Å². The molecule has 3 aliphatic rings. The Balaban J connectivity index is 1.36. The lowest BCUT2D eigenvalue weighted by molar-refractivity contribution is -0.135. The fourth-order valence-electron chi connectivity index (χ4n) is 4.99. The fourth-order valence-corrected chi connectivity index (χ4v) is 4.99. The lowest BCUT2D eigenvalue weighted by Crippen LogP contribution is -2.52. The standard InChI is InChI=1S/C23H34N2O5/c1-27-13-5-12-25(15-18-6-4-11-24-10-3-2-7-20(18)24)23(26)16-28-19-8-9-21-22(14-19)30-17-29-21/h8-9,14,18,20H,2-7,10-13,15-17H2,1H3/t18-,20-/m0/s1. The van der Waals surface area contributed by atoms with Gasteiger partial charge in [-0.3, -0.25) is 4.79 Å². The summed E-state index contributed by atoms with van der Waals surface area (Å²) in [5, 5.41) is 0. The minimum Gasteiger partial charge on any atom is -0.484 e. The molecule has 0 aliphatic carbocycles. The molecule has 0 saturated carbocycles. The van der Waals surface area contributed by atoms with E-state index in [0.717, 1.165) is 13.0 Å². The smallest absolute Gasteiger partial charge is 0.260 e. The van der Waals surface area contributed by atoms with Gasteiger partial charge in [-0.1, -0.05) is 6.42 Å². The first-order valence-electron chi connectivity index (χ1n) is 11.3. The van der Waals surface area contributed by atoms with Gasteiger partial charge in [-0.05, 0) is 63.2 Å². The Labute approximate surface area is 179 Å². The summed E-state index contributed by atoms with van der Waals surface area (Å²) >= 11 is 0. The van der Waals surface area contributed by atoms with Crippen LogP contribution in [0.25, 0.3) is 0 Å². The van der Waals surface area contributed by atoms with Crippen LogP contribution in [0.3, 0.4) is 0 Å². The number of nitrogens with zero attached hydrogens (tertiary/aromatic N) is 2. The van der Waals surface area contributed by atoms with Crippen LogP contribution in [0.4, 0.5) is 0 Å². The van der Waals surface area contributed by atoms with E-state index in [1.165, 1.54) is 45.2 Å². The van der Waals surface area contributed by atoms with Crippen LogP contribution in [-0.2, 0) is 9.53 Å². The second kappa shape index (κ2) is 10.4. The first-order chi connectivity index (χ1) is 14.7. The number of piperidine rings is 2. The lowest BCUT2D eigenvalue weighted by Gasteiger charge is -2.45. The SMILES string of the molecule is COCCCN(C[C@@H]1CCCN2CCCC[C@@H]12)C(=O)COc1ccc2c(c1)OCO2. The van der Waals surface area contributed by atoms with Gasteiger partial charge in [0.15, 0.2) is 18.1 Å². The summed E-state index contributed by atoms with van der Waals surface area (Å²) in [6.45, 7) is 4.87. The van der Waals surface area contributed by atoms with Crippen LogP contribution >= 0.6 is 0 Å². The summed E-state index contributed by atoms with van der Waals surface area (Å²) < 4.78 is 21.7. The van der Waals surface area contributed by atoms with E-state index in [0.29, 0.717) is 42.4 Å². The average Bonchev–Trinajstić information content (AvgIpc) is 3.25. The van der Waals surface area contributed by atoms with Crippen molar-refractivity contribution in [1.29, 1.82) is 0 Å². The van der Waals surface area contributed by atoms with Gasteiger partial charge < -0.3 is 28.7 Å². The van der Waals surface area contributed by atoms with E-state index < -0.39 is 0 Å². The Bertz CT molecular complexity index is 711. The fraction of sp³-hybridized carbons (Fsp3) is 0.696. The molecule has 7 nitrogen and oxygen atoms in total. The summed E-state index contributed by atoms with van der Waals surface area (Å²) in [5.41, 5.74) is 0. The van der Waals surface area contributed by atoms with Crippen molar-refractivity contribution >= 4 is 5.91 Å². The second-order valence-electron chi connectivity index (χ2n) is 8.49. The number of benzene rings is 1. The van der Waals surface area contributed by atoms with Gasteiger partial charge in [0.2, 0.25) is 6.79 Å². The summed E-state index contributed by atoms with van der Waals surface area (Å²) in [6.07, 6.45) is 7.16. The average molecular weight is 419 g/mol. The first-order valence-corrected chi connectivity index (χ1v) is 11.3. The van der Waals surface area contributed by atoms with E-state index in [2.05, 4.69) is 4.90 Å². The topological polar surface area (TPSA) is 60.5 Å². The van der Waals surface area contributed by atoms with Gasteiger partial charge in [0.05, 0.1) is 0 Å². The molecule has 2 saturated heterocycles. The molecule has 166 valence electrons. The van der Waals surface area contributed by atoms with Crippen LogP contribution in [-0.4, -0.2) is 75.0 Å². The quantitative estimate of drug-likeness (QED) is 0.575. The highest BCUT2D eigenvalue weighted by Gasteiger charge is 2.34. The van der Waals surface area contributed by atoms with Gasteiger partial charge in [0.25, 0.3) is 5.91 Å². The van der Waals surface area contributed by atoms with Crippen molar-refractivity contribution < 1.29 is 23.7 Å². The Kier molecular flexibility index (Phi) is 7.33. The van der Waals surface area contributed by atoms with Gasteiger partial charge in [-0.2, -0.15) is 0 Å². The summed E-state index contributed by atoms with van der Waals surface area (Å²) in [5.74, 6) is 2.59. The first kappa shape index (κ1) is 21.2. The molecular weight excluding hydrogens is 384 g/mol. The molecule has 0 radical (unpaired) electrons. The summed E-state index contributed by atoms with van der Waals surface area (Å²) in [6, 6.07) is 6.04. The number of amides is 1. The minimum absolute atomic E-state index is 0.0354. The Morgan fingerprint density at radius 3 is 2.93 bits per heavy atom. The molecule has 1 amide bonds. The number of carbonyl (C=O) groups is 1. The lowest BCUT2D eigenvalue weighted by atomic mass is 9.83. The van der Waals surface area contributed by atoms with Crippen molar-refractivity contribution in [2.45, 2.75) is 44.6 Å². The van der Waals surface area contributed by atoms with Crippen molar-refractivity contribution in [2.75, 3.05) is 53.3 Å². The van der Waals surface area contributed by atoms with Crippen molar-refractivity contribution in [1.82, 2.24) is 9.80 Å². The molecule has 0 N–H and O–H groups in total. The molecule has 0 spiro atoms. The molecular formula is C23H34N2O5. The molecule has 3 heterocycles. The third-order valence-corrected chi connectivity index (χ3v) is 6.52. The molecule has 7 heteroatoms. The Morgan fingerprint density at radius 1 is 1.17 bits per heavy atom. The van der Waals surface area contributed by atoms with E-state index in [4.69, 9.17) is 18.9 Å².